The van der Waals surface area contributed by atoms with Gasteiger partial charge < -0.3 is 19.7 Å². The molecule has 3 saturated heterocycles. The Bertz CT molecular complexity index is 517. The number of esters is 1. The van der Waals surface area contributed by atoms with Gasteiger partial charge in [-0.1, -0.05) is 0 Å². The zero-order valence-electron chi connectivity index (χ0n) is 17.2. The van der Waals surface area contributed by atoms with Crippen molar-refractivity contribution in [2.45, 2.75) is 31.7 Å². The Kier molecular flexibility index (Phi) is 10.1. The van der Waals surface area contributed by atoms with E-state index in [1.807, 2.05) is 11.8 Å². The standard InChI is InChI=1S/C19H34N4O3S.HI/c1-3-20-18(22-7-4-16(5-8-22)17(24)25-2)21-14-19(6-13-27-15-19)23-9-11-26-12-10-23;/h16H,3-15H2,1-2H3,(H,20,21);1H. The first-order valence-electron chi connectivity index (χ1n) is 10.2. The van der Waals surface area contributed by atoms with Crippen molar-refractivity contribution in [2.24, 2.45) is 10.9 Å². The van der Waals surface area contributed by atoms with Crippen molar-refractivity contribution in [1.29, 1.82) is 0 Å². The Hall–Kier alpha value is -0.260. The first kappa shape index (κ1) is 24.0. The Morgan fingerprint density at radius 1 is 1.29 bits per heavy atom. The quantitative estimate of drug-likeness (QED) is 0.253. The van der Waals surface area contributed by atoms with Crippen LogP contribution < -0.4 is 5.32 Å². The van der Waals surface area contributed by atoms with Crippen LogP contribution in [0, 0.1) is 5.92 Å². The minimum absolute atomic E-state index is 0. The number of hydrogen-bond donors (Lipinski definition) is 1. The largest absolute Gasteiger partial charge is 0.469 e. The highest BCUT2D eigenvalue weighted by Crippen LogP contribution is 2.34. The van der Waals surface area contributed by atoms with Gasteiger partial charge >= 0.3 is 5.97 Å². The molecule has 0 aromatic heterocycles. The topological polar surface area (TPSA) is 66.4 Å². The molecule has 1 unspecified atom stereocenters. The summed E-state index contributed by atoms with van der Waals surface area (Å²) in [6.07, 6.45) is 2.87. The summed E-state index contributed by atoms with van der Waals surface area (Å²) < 4.78 is 10.5. The lowest BCUT2D eigenvalue weighted by Gasteiger charge is -2.42. The van der Waals surface area contributed by atoms with Crippen LogP contribution in [0.5, 0.6) is 0 Å². The number of piperidine rings is 1. The number of nitrogens with zero attached hydrogens (tertiary/aromatic N) is 3. The maximum absolute atomic E-state index is 11.8. The van der Waals surface area contributed by atoms with E-state index in [1.165, 1.54) is 19.3 Å². The fourth-order valence-corrected chi connectivity index (χ4v) is 5.72. The second-order valence-corrected chi connectivity index (χ2v) is 8.69. The summed E-state index contributed by atoms with van der Waals surface area (Å²) >= 11 is 2.04. The number of rotatable bonds is 5. The molecule has 0 amide bonds. The summed E-state index contributed by atoms with van der Waals surface area (Å²) in [5.74, 6) is 3.31. The predicted molar refractivity (Wildman–Crippen MR) is 125 cm³/mol. The lowest BCUT2D eigenvalue weighted by Crippen LogP contribution is -2.56. The van der Waals surface area contributed by atoms with Crippen molar-refractivity contribution in [3.05, 3.63) is 0 Å². The molecule has 0 aromatic rings. The number of halogens is 1. The average molecular weight is 526 g/mol. The van der Waals surface area contributed by atoms with Crippen LogP contribution in [0.1, 0.15) is 26.2 Å². The molecule has 1 atom stereocenters. The molecule has 7 nitrogen and oxygen atoms in total. The number of likely N-dealkylation sites (tertiary alicyclic amines) is 1. The van der Waals surface area contributed by atoms with Crippen molar-refractivity contribution in [3.8, 4) is 0 Å². The number of nitrogens with one attached hydrogen (secondary N) is 1. The van der Waals surface area contributed by atoms with Gasteiger partial charge in [-0.25, -0.2) is 0 Å². The summed E-state index contributed by atoms with van der Waals surface area (Å²) in [5, 5.41) is 3.46. The minimum Gasteiger partial charge on any atom is -0.469 e. The zero-order chi connectivity index (χ0) is 19.1. The number of aliphatic imine (C=N–C) groups is 1. The van der Waals surface area contributed by atoms with E-state index in [0.717, 1.165) is 77.0 Å². The molecule has 0 radical (unpaired) electrons. The summed E-state index contributed by atoms with van der Waals surface area (Å²) in [4.78, 5) is 21.8. The monoisotopic (exact) mass is 526 g/mol. The smallest absolute Gasteiger partial charge is 0.308 e. The molecule has 1 N–H and O–H groups in total. The normalized spacial score (nSPS) is 27.4. The van der Waals surface area contributed by atoms with Crippen molar-refractivity contribution < 1.29 is 14.3 Å². The number of carbonyl (C=O) groups excluding carboxylic acids is 1. The molecule has 3 fully saturated rings. The molecular formula is C19H35IN4O3S. The summed E-state index contributed by atoms with van der Waals surface area (Å²) in [5.41, 5.74) is 0.166. The van der Waals surface area contributed by atoms with Crippen LogP contribution in [0.4, 0.5) is 0 Å². The van der Waals surface area contributed by atoms with E-state index < -0.39 is 0 Å². The van der Waals surface area contributed by atoms with E-state index in [1.54, 1.807) is 0 Å². The Morgan fingerprint density at radius 2 is 2.00 bits per heavy atom. The first-order valence-corrected chi connectivity index (χ1v) is 11.4. The van der Waals surface area contributed by atoms with Gasteiger partial charge in [0.25, 0.3) is 0 Å². The Labute approximate surface area is 190 Å². The highest BCUT2D eigenvalue weighted by molar-refractivity contribution is 14.0. The molecule has 28 heavy (non-hydrogen) atoms. The number of morpholine rings is 1. The van der Waals surface area contributed by atoms with Gasteiger partial charge in [0.05, 0.1) is 38.3 Å². The SMILES string of the molecule is CCNC(=NCC1(N2CCOCC2)CCSC1)N1CCC(C(=O)OC)CC1.I. The number of guanidine groups is 1. The van der Waals surface area contributed by atoms with Crippen LogP contribution in [0.2, 0.25) is 0 Å². The lowest BCUT2D eigenvalue weighted by molar-refractivity contribution is -0.146. The van der Waals surface area contributed by atoms with Gasteiger partial charge in [0.15, 0.2) is 5.96 Å². The number of carbonyl (C=O) groups is 1. The van der Waals surface area contributed by atoms with Crippen LogP contribution in [0.15, 0.2) is 4.99 Å². The van der Waals surface area contributed by atoms with E-state index in [0.29, 0.717) is 0 Å². The molecule has 3 heterocycles. The molecule has 0 aromatic carbocycles. The molecule has 3 aliphatic heterocycles. The van der Waals surface area contributed by atoms with Gasteiger partial charge in [-0.2, -0.15) is 11.8 Å². The van der Waals surface area contributed by atoms with Gasteiger partial charge in [0.1, 0.15) is 0 Å². The van der Waals surface area contributed by atoms with Crippen LogP contribution in [0.3, 0.4) is 0 Å². The van der Waals surface area contributed by atoms with Crippen molar-refractivity contribution in [2.75, 3.05) is 71.1 Å². The van der Waals surface area contributed by atoms with Crippen LogP contribution in [-0.2, 0) is 14.3 Å². The number of ether oxygens (including phenoxy) is 2. The van der Waals surface area contributed by atoms with E-state index in [4.69, 9.17) is 14.5 Å². The molecule has 9 heteroatoms. The maximum atomic E-state index is 11.8. The van der Waals surface area contributed by atoms with Crippen LogP contribution in [-0.4, -0.2) is 98.4 Å². The molecule has 162 valence electrons. The van der Waals surface area contributed by atoms with Crippen LogP contribution in [0.25, 0.3) is 0 Å². The predicted octanol–water partition coefficient (Wildman–Crippen LogP) is 1.66. The summed E-state index contributed by atoms with van der Waals surface area (Å²) in [6.45, 7) is 9.19. The van der Waals surface area contributed by atoms with E-state index in [2.05, 4.69) is 22.0 Å². The number of hydrogen-bond acceptors (Lipinski definition) is 6. The zero-order valence-corrected chi connectivity index (χ0v) is 20.3. The first-order chi connectivity index (χ1) is 13.2. The van der Waals surface area contributed by atoms with E-state index >= 15 is 0 Å². The third-order valence-electron chi connectivity index (χ3n) is 5.95. The maximum Gasteiger partial charge on any atom is 0.308 e. The Morgan fingerprint density at radius 3 is 2.57 bits per heavy atom. The van der Waals surface area contributed by atoms with E-state index in [9.17, 15) is 4.79 Å². The third-order valence-corrected chi connectivity index (χ3v) is 7.19. The average Bonchev–Trinajstić information content (AvgIpc) is 3.21. The second-order valence-electron chi connectivity index (χ2n) is 7.58. The lowest BCUT2D eigenvalue weighted by atomic mass is 9.95. The van der Waals surface area contributed by atoms with Gasteiger partial charge in [0, 0.05) is 38.5 Å². The second kappa shape index (κ2) is 11.8. The molecule has 3 rings (SSSR count). The van der Waals surface area contributed by atoms with E-state index in [-0.39, 0.29) is 41.4 Å². The van der Waals surface area contributed by atoms with Crippen LogP contribution >= 0.6 is 35.7 Å². The van der Waals surface area contributed by atoms with Gasteiger partial charge in [-0.05, 0) is 31.9 Å². The van der Waals surface area contributed by atoms with Gasteiger partial charge in [-0.15, -0.1) is 24.0 Å². The molecule has 3 aliphatic rings. The molecule has 0 saturated carbocycles. The number of methoxy groups -OCH3 is 1. The summed E-state index contributed by atoms with van der Waals surface area (Å²) in [6, 6.07) is 0. The molecule has 0 spiro atoms. The summed E-state index contributed by atoms with van der Waals surface area (Å²) in [7, 11) is 1.48. The highest BCUT2D eigenvalue weighted by atomic mass is 127. The number of thioether (sulfide) groups is 1. The van der Waals surface area contributed by atoms with Crippen molar-refractivity contribution >= 4 is 47.7 Å². The Balaban J connectivity index is 0.00000280. The van der Waals surface area contributed by atoms with Gasteiger partial charge in [0.2, 0.25) is 0 Å². The minimum atomic E-state index is -0.0779. The fourth-order valence-electron chi connectivity index (χ4n) is 4.25. The molecular weight excluding hydrogens is 491 g/mol. The van der Waals surface area contributed by atoms with Crippen molar-refractivity contribution in [3.63, 3.8) is 0 Å². The molecule has 0 aliphatic carbocycles. The third kappa shape index (κ3) is 5.89. The highest BCUT2D eigenvalue weighted by Gasteiger charge is 2.41. The van der Waals surface area contributed by atoms with Crippen molar-refractivity contribution in [1.82, 2.24) is 15.1 Å². The molecule has 0 bridgehead atoms. The fraction of sp³-hybridized carbons (Fsp3) is 0.895. The van der Waals surface area contributed by atoms with Gasteiger partial charge in [-0.3, -0.25) is 14.7 Å².